The quantitative estimate of drug-likeness (QED) is 0.597. The van der Waals surface area contributed by atoms with E-state index in [9.17, 15) is 4.79 Å². The van der Waals surface area contributed by atoms with Gasteiger partial charge in [0.05, 0.1) is 6.04 Å². The third-order valence-electron chi connectivity index (χ3n) is 6.48. The molecule has 3 aromatic carbocycles. The van der Waals surface area contributed by atoms with Crippen molar-refractivity contribution in [1.82, 2.24) is 15.1 Å². The van der Waals surface area contributed by atoms with Gasteiger partial charge >= 0.3 is 0 Å². The third-order valence-corrected chi connectivity index (χ3v) is 6.48. The van der Waals surface area contributed by atoms with Gasteiger partial charge in [0.25, 0.3) is 5.91 Å². The highest BCUT2D eigenvalue weighted by molar-refractivity contribution is 5.94. The normalized spacial score (nSPS) is 15.7. The van der Waals surface area contributed by atoms with Crippen LogP contribution in [0.4, 0.5) is 5.69 Å². The van der Waals surface area contributed by atoms with Crippen LogP contribution >= 0.6 is 0 Å². The van der Waals surface area contributed by atoms with Crippen molar-refractivity contribution in [1.29, 1.82) is 0 Å². The highest BCUT2D eigenvalue weighted by Crippen LogP contribution is 2.24. The lowest BCUT2D eigenvalue weighted by Crippen LogP contribution is -2.48. The van der Waals surface area contributed by atoms with Crippen molar-refractivity contribution in [2.45, 2.75) is 6.04 Å². The molecule has 0 aliphatic carbocycles. The first kappa shape index (κ1) is 23.0. The van der Waals surface area contributed by atoms with Crippen molar-refractivity contribution in [3.05, 3.63) is 90.0 Å². The van der Waals surface area contributed by atoms with Crippen LogP contribution in [0.15, 0.2) is 78.9 Å². The number of nitrogens with zero attached hydrogens (tertiary/aromatic N) is 3. The van der Waals surface area contributed by atoms with Crippen molar-refractivity contribution in [2.24, 2.45) is 0 Å². The number of hydrogen-bond acceptors (Lipinski definition) is 4. The Morgan fingerprint density at radius 1 is 0.848 bits per heavy atom. The van der Waals surface area contributed by atoms with Gasteiger partial charge < -0.3 is 15.1 Å². The van der Waals surface area contributed by atoms with Gasteiger partial charge in [-0.1, -0.05) is 54.6 Å². The summed E-state index contributed by atoms with van der Waals surface area (Å²) in [6.07, 6.45) is 0. The van der Waals surface area contributed by atoms with Gasteiger partial charge in [0.1, 0.15) is 0 Å². The summed E-state index contributed by atoms with van der Waals surface area (Å²) < 4.78 is 0. The molecule has 1 saturated heterocycles. The molecule has 0 saturated carbocycles. The van der Waals surface area contributed by atoms with E-state index in [0.29, 0.717) is 12.1 Å². The largest absolute Gasteiger partial charge is 0.378 e. The molecule has 1 amide bonds. The molecule has 1 aliphatic heterocycles. The number of anilines is 1. The van der Waals surface area contributed by atoms with E-state index in [4.69, 9.17) is 0 Å². The molecular weight excluding hydrogens is 408 g/mol. The maximum atomic E-state index is 13.0. The summed E-state index contributed by atoms with van der Waals surface area (Å²) in [6, 6.07) is 26.9. The molecule has 1 heterocycles. The molecule has 33 heavy (non-hydrogen) atoms. The molecule has 5 nitrogen and oxygen atoms in total. The Bertz CT molecular complexity index is 1020. The second kappa shape index (κ2) is 10.6. The smallest absolute Gasteiger partial charge is 0.251 e. The summed E-state index contributed by atoms with van der Waals surface area (Å²) >= 11 is 0. The number of piperazine rings is 1. The van der Waals surface area contributed by atoms with Gasteiger partial charge in [0, 0.05) is 58.1 Å². The van der Waals surface area contributed by atoms with Gasteiger partial charge in [-0.05, 0) is 48.0 Å². The Morgan fingerprint density at radius 3 is 2.06 bits per heavy atom. The third kappa shape index (κ3) is 5.81. The number of benzene rings is 3. The number of likely N-dealkylation sites (N-methyl/N-ethyl adjacent to an activating group) is 1. The standard InChI is InChI=1S/C28H34N4O/c1-30(2)26-15-13-24(14-16-26)27(32-19-17-31(3)18-20-32)21-29-28(33)25-11-9-23(10-12-25)22-7-5-4-6-8-22/h4-16,27H,17-21H2,1-3H3,(H,29,33). The minimum Gasteiger partial charge on any atom is -0.378 e. The zero-order valence-electron chi connectivity index (χ0n) is 19.9. The summed E-state index contributed by atoms with van der Waals surface area (Å²) in [5.41, 5.74) is 5.38. The second-order valence-electron chi connectivity index (χ2n) is 8.99. The maximum Gasteiger partial charge on any atom is 0.251 e. The van der Waals surface area contributed by atoms with Crippen molar-refractivity contribution >= 4 is 11.6 Å². The zero-order chi connectivity index (χ0) is 23.2. The summed E-state index contributed by atoms with van der Waals surface area (Å²) in [7, 11) is 6.27. The van der Waals surface area contributed by atoms with Crippen LogP contribution < -0.4 is 10.2 Å². The molecule has 0 radical (unpaired) electrons. The first-order chi connectivity index (χ1) is 16.0. The Morgan fingerprint density at radius 2 is 1.45 bits per heavy atom. The lowest BCUT2D eigenvalue weighted by Gasteiger charge is -2.38. The molecule has 0 bridgehead atoms. The van der Waals surface area contributed by atoms with Gasteiger partial charge in [0.2, 0.25) is 0 Å². The molecule has 1 N–H and O–H groups in total. The number of hydrogen-bond donors (Lipinski definition) is 1. The van der Waals surface area contributed by atoms with Gasteiger partial charge in [-0.25, -0.2) is 0 Å². The van der Waals surface area contributed by atoms with Crippen LogP contribution in [0, 0.1) is 0 Å². The summed E-state index contributed by atoms with van der Waals surface area (Å²) in [6.45, 7) is 4.67. The molecule has 1 unspecified atom stereocenters. The molecule has 1 atom stereocenters. The van der Waals surface area contributed by atoms with E-state index < -0.39 is 0 Å². The Kier molecular flexibility index (Phi) is 7.43. The first-order valence-electron chi connectivity index (χ1n) is 11.6. The number of amides is 1. The van der Waals surface area contributed by atoms with E-state index in [1.165, 1.54) is 11.3 Å². The molecule has 1 fully saturated rings. The molecule has 4 rings (SSSR count). The fourth-order valence-electron chi connectivity index (χ4n) is 4.32. The molecule has 1 aliphatic rings. The Labute approximate surface area is 197 Å². The van der Waals surface area contributed by atoms with Crippen LogP contribution in [0.2, 0.25) is 0 Å². The van der Waals surface area contributed by atoms with Gasteiger partial charge in [-0.3, -0.25) is 9.69 Å². The van der Waals surface area contributed by atoms with Crippen LogP contribution in [-0.4, -0.2) is 69.6 Å². The van der Waals surface area contributed by atoms with Crippen molar-refractivity contribution < 1.29 is 4.79 Å². The van der Waals surface area contributed by atoms with Gasteiger partial charge in [-0.15, -0.1) is 0 Å². The lowest BCUT2D eigenvalue weighted by atomic mass is 10.0. The fraction of sp³-hybridized carbons (Fsp3) is 0.321. The molecule has 5 heteroatoms. The molecule has 0 aromatic heterocycles. The van der Waals surface area contributed by atoms with Crippen LogP contribution in [0.25, 0.3) is 11.1 Å². The maximum absolute atomic E-state index is 13.0. The highest BCUT2D eigenvalue weighted by atomic mass is 16.1. The van der Waals surface area contributed by atoms with E-state index >= 15 is 0 Å². The van der Waals surface area contributed by atoms with Crippen LogP contribution in [0.3, 0.4) is 0 Å². The second-order valence-corrected chi connectivity index (χ2v) is 8.99. The van der Waals surface area contributed by atoms with Crippen LogP contribution in [0.1, 0.15) is 22.0 Å². The minimum atomic E-state index is -0.0290. The van der Waals surface area contributed by atoms with Crippen molar-refractivity contribution in [3.8, 4) is 11.1 Å². The van der Waals surface area contributed by atoms with E-state index in [2.05, 4.69) is 77.6 Å². The monoisotopic (exact) mass is 442 g/mol. The average Bonchev–Trinajstić information content (AvgIpc) is 2.86. The van der Waals surface area contributed by atoms with E-state index in [1.54, 1.807) is 0 Å². The van der Waals surface area contributed by atoms with E-state index in [0.717, 1.165) is 37.3 Å². The van der Waals surface area contributed by atoms with Crippen molar-refractivity contribution in [3.63, 3.8) is 0 Å². The van der Waals surface area contributed by atoms with E-state index in [1.807, 2.05) is 42.5 Å². The predicted molar refractivity (Wildman–Crippen MR) is 137 cm³/mol. The predicted octanol–water partition coefficient (Wildman–Crippen LogP) is 4.14. The zero-order valence-corrected chi connectivity index (χ0v) is 19.9. The highest BCUT2D eigenvalue weighted by Gasteiger charge is 2.24. The SMILES string of the molecule is CN1CCN(C(CNC(=O)c2ccc(-c3ccccc3)cc2)c2ccc(N(C)C)cc2)CC1. The topological polar surface area (TPSA) is 38.8 Å². The van der Waals surface area contributed by atoms with Crippen LogP contribution in [0.5, 0.6) is 0 Å². The summed E-state index contributed by atoms with van der Waals surface area (Å²) in [4.78, 5) is 19.9. The molecule has 0 spiro atoms. The van der Waals surface area contributed by atoms with E-state index in [-0.39, 0.29) is 11.9 Å². The number of rotatable bonds is 7. The molecule has 172 valence electrons. The summed E-state index contributed by atoms with van der Waals surface area (Å²) in [5, 5.41) is 3.20. The fourth-order valence-corrected chi connectivity index (χ4v) is 4.32. The number of carbonyl (C=O) groups excluding carboxylic acids is 1. The average molecular weight is 443 g/mol. The van der Waals surface area contributed by atoms with Gasteiger partial charge in [0.15, 0.2) is 0 Å². The first-order valence-corrected chi connectivity index (χ1v) is 11.6. The number of carbonyl (C=O) groups is 1. The Hall–Kier alpha value is -3.15. The molecule has 3 aromatic rings. The minimum absolute atomic E-state index is 0.0290. The Balaban J connectivity index is 1.46. The number of nitrogens with one attached hydrogen (secondary N) is 1. The van der Waals surface area contributed by atoms with Gasteiger partial charge in [-0.2, -0.15) is 0 Å². The van der Waals surface area contributed by atoms with Crippen LogP contribution in [-0.2, 0) is 0 Å². The molecular formula is C28H34N4O. The summed E-state index contributed by atoms with van der Waals surface area (Å²) in [5.74, 6) is -0.0290. The van der Waals surface area contributed by atoms with Crippen molar-refractivity contribution in [2.75, 3.05) is 58.8 Å². The lowest BCUT2D eigenvalue weighted by molar-refractivity contribution is 0.0886.